The SMILES string of the molecule is Cc1cc(S(=O)(=O)O)ccc1NC(=O)c1ccc(C(C)(C)C)cc1. The summed E-state index contributed by atoms with van der Waals surface area (Å²) in [7, 11) is -4.25. The van der Waals surface area contributed by atoms with Crippen molar-refractivity contribution in [2.45, 2.75) is 38.0 Å². The predicted molar refractivity (Wildman–Crippen MR) is 94.1 cm³/mol. The van der Waals surface area contributed by atoms with Crippen LogP contribution in [0.15, 0.2) is 47.4 Å². The van der Waals surface area contributed by atoms with Crippen LogP contribution < -0.4 is 5.32 Å². The molecule has 2 aromatic carbocycles. The Kier molecular flexibility index (Phi) is 4.82. The number of rotatable bonds is 3. The summed E-state index contributed by atoms with van der Waals surface area (Å²) in [4.78, 5) is 12.1. The number of carbonyl (C=O) groups is 1. The fraction of sp³-hybridized carbons (Fsp3) is 0.278. The van der Waals surface area contributed by atoms with E-state index in [1.807, 2.05) is 12.1 Å². The zero-order valence-electron chi connectivity index (χ0n) is 14.1. The van der Waals surface area contributed by atoms with Crippen molar-refractivity contribution in [3.8, 4) is 0 Å². The van der Waals surface area contributed by atoms with Crippen LogP contribution in [0.2, 0.25) is 0 Å². The zero-order valence-corrected chi connectivity index (χ0v) is 14.9. The molecule has 0 radical (unpaired) electrons. The number of amides is 1. The van der Waals surface area contributed by atoms with Crippen molar-refractivity contribution in [1.82, 2.24) is 0 Å². The summed E-state index contributed by atoms with van der Waals surface area (Å²) >= 11 is 0. The third kappa shape index (κ3) is 4.21. The van der Waals surface area contributed by atoms with Crippen molar-refractivity contribution in [2.75, 3.05) is 5.32 Å². The Morgan fingerprint density at radius 1 is 1.04 bits per heavy atom. The highest BCUT2D eigenvalue weighted by atomic mass is 32.2. The maximum atomic E-state index is 12.3. The number of benzene rings is 2. The molecule has 0 fully saturated rings. The molecule has 0 bridgehead atoms. The Morgan fingerprint density at radius 2 is 1.62 bits per heavy atom. The van der Waals surface area contributed by atoms with Gasteiger partial charge in [0.25, 0.3) is 16.0 Å². The number of anilines is 1. The molecule has 0 aliphatic carbocycles. The van der Waals surface area contributed by atoms with Gasteiger partial charge < -0.3 is 5.32 Å². The van der Waals surface area contributed by atoms with Gasteiger partial charge in [0.2, 0.25) is 0 Å². The van der Waals surface area contributed by atoms with Gasteiger partial charge in [0, 0.05) is 11.3 Å². The minimum Gasteiger partial charge on any atom is -0.322 e. The molecule has 0 atom stereocenters. The molecular formula is C18H21NO4S. The van der Waals surface area contributed by atoms with E-state index in [0.717, 1.165) is 5.56 Å². The monoisotopic (exact) mass is 347 g/mol. The highest BCUT2D eigenvalue weighted by Crippen LogP contribution is 2.23. The second-order valence-corrected chi connectivity index (χ2v) is 8.15. The van der Waals surface area contributed by atoms with E-state index in [-0.39, 0.29) is 16.2 Å². The van der Waals surface area contributed by atoms with E-state index in [4.69, 9.17) is 4.55 Å². The van der Waals surface area contributed by atoms with Gasteiger partial charge in [0.05, 0.1) is 4.90 Å². The first-order chi connectivity index (χ1) is 11.0. The number of carbonyl (C=O) groups excluding carboxylic acids is 1. The largest absolute Gasteiger partial charge is 0.322 e. The van der Waals surface area contributed by atoms with Gasteiger partial charge in [-0.1, -0.05) is 32.9 Å². The third-order valence-electron chi connectivity index (χ3n) is 3.76. The molecule has 0 spiro atoms. The highest BCUT2D eigenvalue weighted by molar-refractivity contribution is 7.85. The molecule has 0 unspecified atom stereocenters. The average Bonchev–Trinajstić information content (AvgIpc) is 2.47. The minimum absolute atomic E-state index is 0.0111. The first-order valence-corrected chi connectivity index (χ1v) is 8.92. The Labute approximate surface area is 142 Å². The normalized spacial score (nSPS) is 12.0. The van der Waals surface area contributed by atoms with Crippen molar-refractivity contribution in [3.05, 3.63) is 59.2 Å². The molecule has 1 amide bonds. The lowest BCUT2D eigenvalue weighted by Gasteiger charge is -2.19. The molecule has 0 saturated carbocycles. The van der Waals surface area contributed by atoms with Crippen molar-refractivity contribution in [2.24, 2.45) is 0 Å². The second-order valence-electron chi connectivity index (χ2n) is 6.73. The van der Waals surface area contributed by atoms with Crippen LogP contribution in [-0.2, 0) is 15.5 Å². The van der Waals surface area contributed by atoms with Crippen LogP contribution in [0.25, 0.3) is 0 Å². The van der Waals surface area contributed by atoms with E-state index in [2.05, 4.69) is 26.1 Å². The summed E-state index contributed by atoms with van der Waals surface area (Å²) in [6.45, 7) is 7.96. The molecule has 5 nitrogen and oxygen atoms in total. The molecule has 24 heavy (non-hydrogen) atoms. The summed E-state index contributed by atoms with van der Waals surface area (Å²) in [6, 6.07) is 11.4. The van der Waals surface area contributed by atoms with E-state index in [1.54, 1.807) is 19.1 Å². The summed E-state index contributed by atoms with van der Waals surface area (Å²) in [5.74, 6) is -0.279. The van der Waals surface area contributed by atoms with Gasteiger partial charge in [-0.3, -0.25) is 9.35 Å². The quantitative estimate of drug-likeness (QED) is 0.828. The highest BCUT2D eigenvalue weighted by Gasteiger charge is 2.15. The van der Waals surface area contributed by atoms with E-state index in [1.165, 1.54) is 18.2 Å². The lowest BCUT2D eigenvalue weighted by Crippen LogP contribution is -2.15. The molecule has 2 aromatic rings. The van der Waals surface area contributed by atoms with Gasteiger partial charge in [-0.05, 0) is 53.8 Å². The molecule has 2 N–H and O–H groups in total. The lowest BCUT2D eigenvalue weighted by atomic mass is 9.87. The summed E-state index contributed by atoms with van der Waals surface area (Å²) in [5, 5.41) is 2.75. The fourth-order valence-electron chi connectivity index (χ4n) is 2.25. The second kappa shape index (κ2) is 6.37. The smallest absolute Gasteiger partial charge is 0.294 e. The van der Waals surface area contributed by atoms with Crippen LogP contribution >= 0.6 is 0 Å². The zero-order chi connectivity index (χ0) is 18.1. The van der Waals surface area contributed by atoms with Crippen LogP contribution in [0.4, 0.5) is 5.69 Å². The Morgan fingerprint density at radius 3 is 2.08 bits per heavy atom. The number of nitrogens with one attached hydrogen (secondary N) is 1. The molecule has 0 aliphatic rings. The first-order valence-electron chi connectivity index (χ1n) is 7.48. The fourth-order valence-corrected chi connectivity index (χ4v) is 2.82. The van der Waals surface area contributed by atoms with Crippen molar-refractivity contribution < 1.29 is 17.8 Å². The Hall–Kier alpha value is -2.18. The van der Waals surface area contributed by atoms with Crippen LogP contribution in [0.5, 0.6) is 0 Å². The molecule has 128 valence electrons. The Bertz CT molecular complexity index is 863. The number of aryl methyl sites for hydroxylation is 1. The molecule has 0 saturated heterocycles. The predicted octanol–water partition coefficient (Wildman–Crippen LogP) is 3.79. The van der Waals surface area contributed by atoms with Gasteiger partial charge in [-0.25, -0.2) is 0 Å². The van der Waals surface area contributed by atoms with Crippen molar-refractivity contribution in [3.63, 3.8) is 0 Å². The van der Waals surface area contributed by atoms with Crippen LogP contribution in [0.3, 0.4) is 0 Å². The van der Waals surface area contributed by atoms with Crippen LogP contribution in [0.1, 0.15) is 42.3 Å². The first kappa shape index (κ1) is 18.2. The van der Waals surface area contributed by atoms with Gasteiger partial charge in [0.1, 0.15) is 0 Å². The topological polar surface area (TPSA) is 83.5 Å². The van der Waals surface area contributed by atoms with Crippen molar-refractivity contribution in [1.29, 1.82) is 0 Å². The Balaban J connectivity index is 2.21. The maximum absolute atomic E-state index is 12.3. The molecular weight excluding hydrogens is 326 g/mol. The number of hydrogen-bond acceptors (Lipinski definition) is 3. The van der Waals surface area contributed by atoms with Gasteiger partial charge in [-0.15, -0.1) is 0 Å². The van der Waals surface area contributed by atoms with Crippen LogP contribution in [-0.4, -0.2) is 18.9 Å². The summed E-state index contributed by atoms with van der Waals surface area (Å²) < 4.78 is 31.3. The molecule has 0 heterocycles. The van der Waals surface area contributed by atoms with Crippen molar-refractivity contribution >= 4 is 21.7 Å². The van der Waals surface area contributed by atoms with E-state index < -0.39 is 10.1 Å². The lowest BCUT2D eigenvalue weighted by molar-refractivity contribution is 0.102. The van der Waals surface area contributed by atoms with Crippen LogP contribution in [0, 0.1) is 6.92 Å². The molecule has 0 aliphatic heterocycles. The molecule has 2 rings (SSSR count). The molecule has 0 aromatic heterocycles. The molecule has 6 heteroatoms. The van der Waals surface area contributed by atoms with Gasteiger partial charge in [-0.2, -0.15) is 8.42 Å². The van der Waals surface area contributed by atoms with E-state index in [9.17, 15) is 13.2 Å². The minimum atomic E-state index is -4.25. The van der Waals surface area contributed by atoms with E-state index >= 15 is 0 Å². The average molecular weight is 347 g/mol. The van der Waals surface area contributed by atoms with E-state index in [0.29, 0.717) is 16.8 Å². The van der Waals surface area contributed by atoms with Gasteiger partial charge in [0.15, 0.2) is 0 Å². The van der Waals surface area contributed by atoms with Gasteiger partial charge >= 0.3 is 0 Å². The summed E-state index contributed by atoms with van der Waals surface area (Å²) in [6.07, 6.45) is 0. The standard InChI is InChI=1S/C18H21NO4S/c1-12-11-15(24(21,22)23)9-10-16(12)19-17(20)13-5-7-14(8-6-13)18(2,3)4/h5-11H,1-4H3,(H,19,20)(H,21,22,23). The third-order valence-corrected chi connectivity index (χ3v) is 4.61. The summed E-state index contributed by atoms with van der Waals surface area (Å²) in [5.41, 5.74) is 2.70. The maximum Gasteiger partial charge on any atom is 0.294 e. The number of hydrogen-bond donors (Lipinski definition) is 2.